The van der Waals surface area contributed by atoms with Gasteiger partial charge in [0.25, 0.3) is 0 Å². The molecule has 0 radical (unpaired) electrons. The predicted octanol–water partition coefficient (Wildman–Crippen LogP) is 1.93. The maximum Gasteiger partial charge on any atom is 0.317 e. The second-order valence-corrected chi connectivity index (χ2v) is 7.41. The van der Waals surface area contributed by atoms with Gasteiger partial charge in [0.05, 0.1) is 12.6 Å². The zero-order valence-corrected chi connectivity index (χ0v) is 16.6. The van der Waals surface area contributed by atoms with Gasteiger partial charge in [-0.25, -0.2) is 0 Å². The molecule has 0 aliphatic carbocycles. The molecule has 2 aliphatic rings. The molecule has 1 amide bonds. The van der Waals surface area contributed by atoms with Crippen molar-refractivity contribution in [2.24, 2.45) is 5.92 Å². The molecule has 0 spiro atoms. The van der Waals surface area contributed by atoms with E-state index in [-0.39, 0.29) is 30.9 Å². The molecule has 1 N–H and O–H groups in total. The molecule has 2 aliphatic heterocycles. The number of carbonyl (C=O) groups excluding carboxylic acids is 1. The van der Waals surface area contributed by atoms with E-state index >= 15 is 0 Å². The minimum Gasteiger partial charge on any atom is -0.480 e. The lowest BCUT2D eigenvalue weighted by Gasteiger charge is -2.41. The van der Waals surface area contributed by atoms with Crippen molar-refractivity contribution in [3.8, 4) is 0 Å². The minimum atomic E-state index is -0.762. The Bertz CT molecular complexity index is 433. The van der Waals surface area contributed by atoms with Crippen LogP contribution in [0.2, 0.25) is 0 Å². The largest absolute Gasteiger partial charge is 0.480 e. The fourth-order valence-electron chi connectivity index (χ4n) is 3.96. The number of hydrogen-bond donors (Lipinski definition) is 1. The molecule has 7 heteroatoms. The van der Waals surface area contributed by atoms with Crippen LogP contribution in [0.1, 0.15) is 46.5 Å². The van der Waals surface area contributed by atoms with Crippen molar-refractivity contribution in [3.63, 3.8) is 0 Å². The lowest BCUT2D eigenvalue weighted by atomic mass is 9.98. The SMILES string of the molecule is CCN(CC(=O)O)C1CCN(C(C)C(=O)N2CCC(C)CC2)CC1.Cl. The Labute approximate surface area is 157 Å². The molecule has 1 atom stereocenters. The molecule has 6 nitrogen and oxygen atoms in total. The van der Waals surface area contributed by atoms with E-state index in [0.29, 0.717) is 6.04 Å². The van der Waals surface area contributed by atoms with Crippen molar-refractivity contribution in [2.45, 2.75) is 58.5 Å². The van der Waals surface area contributed by atoms with Gasteiger partial charge in [-0.15, -0.1) is 12.4 Å². The standard InChI is InChI=1S/C18H33N3O3.ClH/c1-4-19(13-17(22)23)16-7-11-20(12-8-16)15(3)18(24)21-9-5-14(2)6-10-21;/h14-16H,4-13H2,1-3H3,(H,22,23);1H. The summed E-state index contributed by atoms with van der Waals surface area (Å²) in [5, 5.41) is 9.02. The van der Waals surface area contributed by atoms with Gasteiger partial charge >= 0.3 is 5.97 Å². The van der Waals surface area contributed by atoms with Crippen LogP contribution in [0, 0.1) is 5.92 Å². The number of carboxylic acids is 1. The van der Waals surface area contributed by atoms with Gasteiger partial charge in [-0.3, -0.25) is 19.4 Å². The van der Waals surface area contributed by atoms with Crippen LogP contribution in [0.25, 0.3) is 0 Å². The number of amides is 1. The highest BCUT2D eigenvalue weighted by molar-refractivity contribution is 5.85. The molecule has 2 saturated heterocycles. The lowest BCUT2D eigenvalue weighted by molar-refractivity contribution is -0.139. The first-order valence-corrected chi connectivity index (χ1v) is 9.41. The van der Waals surface area contributed by atoms with Crippen LogP contribution in [0.3, 0.4) is 0 Å². The number of piperidine rings is 2. The van der Waals surface area contributed by atoms with Gasteiger partial charge in [-0.1, -0.05) is 13.8 Å². The number of rotatable bonds is 6. The molecule has 0 aromatic heterocycles. The molecule has 1 unspecified atom stereocenters. The van der Waals surface area contributed by atoms with E-state index < -0.39 is 5.97 Å². The normalized spacial score (nSPS) is 21.8. The van der Waals surface area contributed by atoms with Gasteiger partial charge in [-0.2, -0.15) is 0 Å². The van der Waals surface area contributed by atoms with Crippen LogP contribution < -0.4 is 0 Å². The molecule has 0 aromatic carbocycles. The Morgan fingerprint density at radius 2 is 1.68 bits per heavy atom. The average Bonchev–Trinajstić information content (AvgIpc) is 2.59. The number of aliphatic carboxylic acids is 1. The van der Waals surface area contributed by atoms with Gasteiger partial charge in [-0.05, 0) is 45.1 Å². The van der Waals surface area contributed by atoms with Crippen LogP contribution >= 0.6 is 12.4 Å². The highest BCUT2D eigenvalue weighted by atomic mass is 35.5. The first-order chi connectivity index (χ1) is 11.4. The monoisotopic (exact) mass is 375 g/mol. The smallest absolute Gasteiger partial charge is 0.317 e. The number of halogens is 1. The van der Waals surface area contributed by atoms with E-state index in [2.05, 4.69) is 11.8 Å². The fraction of sp³-hybridized carbons (Fsp3) is 0.889. The third-order valence-electron chi connectivity index (χ3n) is 5.76. The number of carboxylic acid groups (broad SMARTS) is 1. The van der Waals surface area contributed by atoms with E-state index in [1.165, 1.54) is 0 Å². The van der Waals surface area contributed by atoms with E-state index in [4.69, 9.17) is 5.11 Å². The molecular weight excluding hydrogens is 342 g/mol. The summed E-state index contributed by atoms with van der Waals surface area (Å²) < 4.78 is 0. The number of carbonyl (C=O) groups is 2. The Hall–Kier alpha value is -0.850. The summed E-state index contributed by atoms with van der Waals surface area (Å²) in [6, 6.07) is 0.259. The molecule has 0 saturated carbocycles. The zero-order chi connectivity index (χ0) is 17.7. The summed E-state index contributed by atoms with van der Waals surface area (Å²) in [7, 11) is 0. The fourth-order valence-corrected chi connectivity index (χ4v) is 3.96. The Morgan fingerprint density at radius 3 is 2.16 bits per heavy atom. The maximum absolute atomic E-state index is 12.7. The first-order valence-electron chi connectivity index (χ1n) is 9.41. The summed E-state index contributed by atoms with van der Waals surface area (Å²) in [6.45, 7) is 10.7. The van der Waals surface area contributed by atoms with Crippen molar-refractivity contribution >= 4 is 24.3 Å². The van der Waals surface area contributed by atoms with Crippen molar-refractivity contribution in [1.82, 2.24) is 14.7 Å². The Morgan fingerprint density at radius 1 is 1.12 bits per heavy atom. The minimum absolute atomic E-state index is 0. The lowest BCUT2D eigenvalue weighted by Crippen LogP contribution is -2.54. The van der Waals surface area contributed by atoms with Crippen LogP contribution in [0.5, 0.6) is 0 Å². The average molecular weight is 376 g/mol. The highest BCUT2D eigenvalue weighted by Crippen LogP contribution is 2.21. The predicted molar refractivity (Wildman–Crippen MR) is 101 cm³/mol. The van der Waals surface area contributed by atoms with E-state index in [1.54, 1.807) is 0 Å². The molecule has 146 valence electrons. The van der Waals surface area contributed by atoms with Crippen molar-refractivity contribution in [2.75, 3.05) is 39.3 Å². The molecular formula is C18H34ClN3O3. The second kappa shape index (κ2) is 10.3. The van der Waals surface area contributed by atoms with Crippen LogP contribution in [-0.2, 0) is 9.59 Å². The quantitative estimate of drug-likeness (QED) is 0.768. The van der Waals surface area contributed by atoms with Crippen LogP contribution in [-0.4, -0.2) is 83.0 Å². The Kier molecular flexibility index (Phi) is 9.17. The number of likely N-dealkylation sites (N-methyl/N-ethyl adjacent to an activating group) is 1. The molecule has 0 bridgehead atoms. The molecule has 25 heavy (non-hydrogen) atoms. The number of hydrogen-bond acceptors (Lipinski definition) is 4. The molecule has 2 heterocycles. The number of nitrogens with zero attached hydrogens (tertiary/aromatic N) is 3. The summed E-state index contributed by atoms with van der Waals surface area (Å²) in [6.07, 6.45) is 4.11. The van der Waals surface area contributed by atoms with Crippen molar-refractivity contribution in [1.29, 1.82) is 0 Å². The van der Waals surface area contributed by atoms with E-state index in [9.17, 15) is 9.59 Å². The van der Waals surface area contributed by atoms with Crippen LogP contribution in [0.4, 0.5) is 0 Å². The summed E-state index contributed by atoms with van der Waals surface area (Å²) in [5.41, 5.74) is 0. The second-order valence-electron chi connectivity index (χ2n) is 7.41. The third-order valence-corrected chi connectivity index (χ3v) is 5.76. The van der Waals surface area contributed by atoms with Gasteiger partial charge < -0.3 is 10.0 Å². The van der Waals surface area contributed by atoms with E-state index in [1.807, 2.05) is 23.6 Å². The van der Waals surface area contributed by atoms with Gasteiger partial charge in [0.2, 0.25) is 5.91 Å². The van der Waals surface area contributed by atoms with E-state index in [0.717, 1.165) is 64.3 Å². The molecule has 2 rings (SSSR count). The zero-order valence-electron chi connectivity index (χ0n) is 15.8. The molecule has 2 fully saturated rings. The van der Waals surface area contributed by atoms with Crippen molar-refractivity contribution < 1.29 is 14.7 Å². The number of likely N-dealkylation sites (tertiary alicyclic amines) is 2. The third kappa shape index (κ3) is 6.12. The first kappa shape index (κ1) is 22.2. The Balaban J connectivity index is 0.00000312. The summed E-state index contributed by atoms with van der Waals surface area (Å²) >= 11 is 0. The highest BCUT2D eigenvalue weighted by Gasteiger charge is 2.32. The van der Waals surface area contributed by atoms with Gasteiger partial charge in [0.15, 0.2) is 0 Å². The maximum atomic E-state index is 12.7. The van der Waals surface area contributed by atoms with Crippen LogP contribution in [0.15, 0.2) is 0 Å². The van der Waals surface area contributed by atoms with Gasteiger partial charge in [0.1, 0.15) is 0 Å². The van der Waals surface area contributed by atoms with Crippen molar-refractivity contribution in [3.05, 3.63) is 0 Å². The topological polar surface area (TPSA) is 64.1 Å². The van der Waals surface area contributed by atoms with Gasteiger partial charge in [0, 0.05) is 32.2 Å². The summed E-state index contributed by atoms with van der Waals surface area (Å²) in [4.78, 5) is 30.0. The molecule has 0 aromatic rings. The summed E-state index contributed by atoms with van der Waals surface area (Å²) in [5.74, 6) is 0.231.